The van der Waals surface area contributed by atoms with Crippen molar-refractivity contribution in [2.75, 3.05) is 13.1 Å². The number of hydrogen-bond donors (Lipinski definition) is 1. The average molecular weight is 268 g/mol. The molecule has 0 amide bonds. The summed E-state index contributed by atoms with van der Waals surface area (Å²) in [5, 5.41) is 0. The van der Waals surface area contributed by atoms with E-state index < -0.39 is 0 Å². The molecule has 100 valence electrons. The molecule has 0 aliphatic carbocycles. The van der Waals surface area contributed by atoms with Crippen LogP contribution in [-0.4, -0.2) is 23.0 Å². The first-order valence-corrected chi connectivity index (χ1v) is 6.79. The summed E-state index contributed by atoms with van der Waals surface area (Å²) < 4.78 is 13.8. The average Bonchev–Trinajstić information content (AvgIpc) is 2.32. The van der Waals surface area contributed by atoms with Crippen molar-refractivity contribution in [3.63, 3.8) is 0 Å². The molecule has 0 bridgehead atoms. The van der Waals surface area contributed by atoms with E-state index in [1.165, 1.54) is 6.07 Å². The highest BCUT2D eigenvalue weighted by atomic mass is 32.1. The fourth-order valence-corrected chi connectivity index (χ4v) is 2.12. The van der Waals surface area contributed by atoms with Gasteiger partial charge in [-0.15, -0.1) is 0 Å². The van der Waals surface area contributed by atoms with Crippen LogP contribution in [0.2, 0.25) is 0 Å². The molecule has 0 saturated carbocycles. The Balaban J connectivity index is 2.86. The standard InChI is InChI=1S/C14H21FN2S/c1-3-7-17(8-4-2)10-12-9-11(14(16)18)5-6-13(12)15/h5-6,9H,3-4,7-8,10H2,1-2H3,(H2,16,18). The molecule has 1 aromatic carbocycles. The van der Waals surface area contributed by atoms with E-state index in [0.717, 1.165) is 31.5 Å². The molecular weight excluding hydrogens is 247 g/mol. The lowest BCUT2D eigenvalue weighted by Crippen LogP contribution is -2.25. The molecule has 0 unspecified atom stereocenters. The molecular formula is C14H21FN2S. The maximum Gasteiger partial charge on any atom is 0.127 e. The van der Waals surface area contributed by atoms with Gasteiger partial charge in [0.05, 0.1) is 0 Å². The van der Waals surface area contributed by atoms with Gasteiger partial charge in [-0.05, 0) is 44.1 Å². The van der Waals surface area contributed by atoms with Crippen molar-refractivity contribution >= 4 is 17.2 Å². The van der Waals surface area contributed by atoms with Gasteiger partial charge >= 0.3 is 0 Å². The summed E-state index contributed by atoms with van der Waals surface area (Å²) in [5.74, 6) is -0.188. The highest BCUT2D eigenvalue weighted by molar-refractivity contribution is 7.80. The van der Waals surface area contributed by atoms with Crippen molar-refractivity contribution in [3.05, 3.63) is 35.1 Å². The fourth-order valence-electron chi connectivity index (χ4n) is 1.99. The Labute approximate surface area is 114 Å². The van der Waals surface area contributed by atoms with Gasteiger partial charge in [0.2, 0.25) is 0 Å². The molecule has 0 atom stereocenters. The Morgan fingerprint density at radius 2 is 1.89 bits per heavy atom. The Bertz CT molecular complexity index is 401. The van der Waals surface area contributed by atoms with Crippen LogP contribution in [0.5, 0.6) is 0 Å². The van der Waals surface area contributed by atoms with Gasteiger partial charge in [0.1, 0.15) is 10.8 Å². The Morgan fingerprint density at radius 1 is 1.28 bits per heavy atom. The van der Waals surface area contributed by atoms with Crippen LogP contribution in [0.3, 0.4) is 0 Å². The highest BCUT2D eigenvalue weighted by Gasteiger charge is 2.09. The first-order chi connectivity index (χ1) is 8.58. The molecule has 18 heavy (non-hydrogen) atoms. The van der Waals surface area contributed by atoms with Gasteiger partial charge < -0.3 is 5.73 Å². The van der Waals surface area contributed by atoms with Crippen LogP contribution in [0, 0.1) is 5.82 Å². The van der Waals surface area contributed by atoms with Gasteiger partial charge in [-0.1, -0.05) is 26.1 Å². The lowest BCUT2D eigenvalue weighted by Gasteiger charge is -2.21. The summed E-state index contributed by atoms with van der Waals surface area (Å²) in [4.78, 5) is 2.57. The Morgan fingerprint density at radius 3 is 2.39 bits per heavy atom. The van der Waals surface area contributed by atoms with Crippen LogP contribution >= 0.6 is 12.2 Å². The summed E-state index contributed by atoms with van der Waals surface area (Å²) in [6, 6.07) is 4.83. The zero-order chi connectivity index (χ0) is 13.5. The minimum Gasteiger partial charge on any atom is -0.389 e. The van der Waals surface area contributed by atoms with Gasteiger partial charge in [0.15, 0.2) is 0 Å². The maximum atomic E-state index is 13.8. The van der Waals surface area contributed by atoms with E-state index in [2.05, 4.69) is 18.7 Å². The normalized spacial score (nSPS) is 10.9. The van der Waals surface area contributed by atoms with E-state index in [9.17, 15) is 4.39 Å². The number of thiocarbonyl (C=S) groups is 1. The topological polar surface area (TPSA) is 29.3 Å². The van der Waals surface area contributed by atoms with Crippen LogP contribution in [0.1, 0.15) is 37.8 Å². The molecule has 0 fully saturated rings. The van der Waals surface area contributed by atoms with Crippen LogP contribution in [0.15, 0.2) is 18.2 Å². The minimum atomic E-state index is -0.188. The summed E-state index contributed by atoms with van der Waals surface area (Å²) >= 11 is 4.92. The number of halogens is 1. The van der Waals surface area contributed by atoms with E-state index >= 15 is 0 Å². The molecule has 0 spiro atoms. The number of nitrogens with two attached hydrogens (primary N) is 1. The monoisotopic (exact) mass is 268 g/mol. The van der Waals surface area contributed by atoms with Crippen molar-refractivity contribution in [1.82, 2.24) is 4.90 Å². The third kappa shape index (κ3) is 4.35. The van der Waals surface area contributed by atoms with E-state index in [0.29, 0.717) is 17.1 Å². The number of nitrogens with zero attached hydrogens (tertiary/aromatic N) is 1. The van der Waals surface area contributed by atoms with Crippen LogP contribution in [-0.2, 0) is 6.54 Å². The Hall–Kier alpha value is -1.00. The van der Waals surface area contributed by atoms with Crippen molar-refractivity contribution < 1.29 is 4.39 Å². The minimum absolute atomic E-state index is 0.188. The molecule has 0 heterocycles. The summed E-state index contributed by atoms with van der Waals surface area (Å²) in [6.07, 6.45) is 2.13. The molecule has 0 radical (unpaired) electrons. The van der Waals surface area contributed by atoms with Crippen LogP contribution in [0.25, 0.3) is 0 Å². The van der Waals surface area contributed by atoms with Gasteiger partial charge in [0, 0.05) is 17.7 Å². The smallest absolute Gasteiger partial charge is 0.127 e. The number of hydrogen-bond acceptors (Lipinski definition) is 2. The first-order valence-electron chi connectivity index (χ1n) is 6.39. The van der Waals surface area contributed by atoms with E-state index in [4.69, 9.17) is 18.0 Å². The highest BCUT2D eigenvalue weighted by Crippen LogP contribution is 2.14. The molecule has 0 aromatic heterocycles. The van der Waals surface area contributed by atoms with Gasteiger partial charge in [-0.2, -0.15) is 0 Å². The van der Waals surface area contributed by atoms with E-state index in [1.54, 1.807) is 12.1 Å². The second-order valence-electron chi connectivity index (χ2n) is 4.45. The van der Waals surface area contributed by atoms with Crippen molar-refractivity contribution in [2.45, 2.75) is 33.2 Å². The van der Waals surface area contributed by atoms with Crippen LogP contribution < -0.4 is 5.73 Å². The second kappa shape index (κ2) is 7.44. The van der Waals surface area contributed by atoms with Crippen molar-refractivity contribution in [3.8, 4) is 0 Å². The predicted molar refractivity (Wildman–Crippen MR) is 78.1 cm³/mol. The summed E-state index contributed by atoms with van der Waals surface area (Å²) in [5.41, 5.74) is 6.98. The van der Waals surface area contributed by atoms with Gasteiger partial charge in [0.25, 0.3) is 0 Å². The zero-order valence-electron chi connectivity index (χ0n) is 11.1. The number of benzene rings is 1. The van der Waals surface area contributed by atoms with Crippen molar-refractivity contribution in [1.29, 1.82) is 0 Å². The lowest BCUT2D eigenvalue weighted by atomic mass is 10.1. The predicted octanol–water partition coefficient (Wildman–Crippen LogP) is 3.08. The molecule has 4 heteroatoms. The fraction of sp³-hybridized carbons (Fsp3) is 0.500. The van der Waals surface area contributed by atoms with Gasteiger partial charge in [-0.3, -0.25) is 4.90 Å². The van der Waals surface area contributed by atoms with Crippen LogP contribution in [0.4, 0.5) is 4.39 Å². The molecule has 0 aliphatic rings. The van der Waals surface area contributed by atoms with E-state index in [-0.39, 0.29) is 5.82 Å². The molecule has 1 rings (SSSR count). The zero-order valence-corrected chi connectivity index (χ0v) is 11.9. The molecule has 2 nitrogen and oxygen atoms in total. The third-order valence-corrected chi connectivity index (χ3v) is 3.04. The largest absolute Gasteiger partial charge is 0.389 e. The maximum absolute atomic E-state index is 13.8. The molecule has 0 aliphatic heterocycles. The quantitative estimate of drug-likeness (QED) is 0.771. The molecule has 2 N–H and O–H groups in total. The summed E-state index contributed by atoms with van der Waals surface area (Å²) in [7, 11) is 0. The molecule has 0 saturated heterocycles. The summed E-state index contributed by atoms with van der Waals surface area (Å²) in [6.45, 7) is 6.83. The number of rotatable bonds is 7. The lowest BCUT2D eigenvalue weighted by molar-refractivity contribution is 0.263. The van der Waals surface area contributed by atoms with Gasteiger partial charge in [-0.25, -0.2) is 4.39 Å². The second-order valence-corrected chi connectivity index (χ2v) is 4.89. The van der Waals surface area contributed by atoms with E-state index in [1.807, 2.05) is 0 Å². The SMILES string of the molecule is CCCN(CCC)Cc1cc(C(N)=S)ccc1F. The molecule has 1 aromatic rings. The first kappa shape index (κ1) is 15.1. The third-order valence-electron chi connectivity index (χ3n) is 2.80. The van der Waals surface area contributed by atoms with Crippen molar-refractivity contribution in [2.24, 2.45) is 5.73 Å². The Kier molecular flexibility index (Phi) is 6.22.